The third-order valence-corrected chi connectivity index (χ3v) is 2.87. The van der Waals surface area contributed by atoms with E-state index in [0.717, 1.165) is 5.56 Å². The van der Waals surface area contributed by atoms with E-state index in [4.69, 9.17) is 5.11 Å². The van der Waals surface area contributed by atoms with Crippen molar-refractivity contribution in [2.45, 2.75) is 18.9 Å². The van der Waals surface area contributed by atoms with Gasteiger partial charge in [-0.1, -0.05) is 6.07 Å². The number of benzene rings is 1. The Morgan fingerprint density at radius 2 is 2.13 bits per heavy atom. The molecular weight excluding hydrogens is 196 g/mol. The van der Waals surface area contributed by atoms with Crippen LogP contribution in [0.2, 0.25) is 0 Å². The number of phenols is 1. The van der Waals surface area contributed by atoms with E-state index in [1.807, 2.05) is 0 Å². The molecule has 2 atom stereocenters. The molecule has 4 nitrogen and oxygen atoms in total. The fourth-order valence-electron chi connectivity index (χ4n) is 2.03. The summed E-state index contributed by atoms with van der Waals surface area (Å²) in [4.78, 5) is 10.8. The lowest BCUT2D eigenvalue weighted by Gasteiger charge is -2.27. The summed E-state index contributed by atoms with van der Waals surface area (Å²) in [6.45, 7) is 0. The van der Waals surface area contributed by atoms with Crippen LogP contribution in [-0.4, -0.2) is 21.3 Å². The minimum atomic E-state index is -1.02. The Kier molecular flexibility index (Phi) is 2.36. The number of rotatable bonds is 1. The van der Waals surface area contributed by atoms with Gasteiger partial charge in [-0.05, 0) is 36.1 Å². The van der Waals surface area contributed by atoms with Gasteiger partial charge in [-0.15, -0.1) is 0 Å². The zero-order valence-corrected chi connectivity index (χ0v) is 8.05. The highest BCUT2D eigenvalue weighted by molar-refractivity contribution is 5.71. The normalized spacial score (nSPS) is 24.6. The van der Waals surface area contributed by atoms with Crippen LogP contribution < -0.4 is 0 Å². The number of fused-ring (bicyclic) bond motifs is 1. The molecule has 80 valence electrons. The van der Waals surface area contributed by atoms with Crippen LogP contribution in [0.5, 0.6) is 5.75 Å². The van der Waals surface area contributed by atoms with Gasteiger partial charge < -0.3 is 15.3 Å². The van der Waals surface area contributed by atoms with E-state index in [-0.39, 0.29) is 5.75 Å². The maximum absolute atomic E-state index is 10.8. The topological polar surface area (TPSA) is 77.8 Å². The van der Waals surface area contributed by atoms with E-state index >= 15 is 0 Å². The Bertz CT molecular complexity index is 400. The van der Waals surface area contributed by atoms with E-state index in [1.54, 1.807) is 12.1 Å². The van der Waals surface area contributed by atoms with E-state index < -0.39 is 18.0 Å². The van der Waals surface area contributed by atoms with Gasteiger partial charge in [0.15, 0.2) is 0 Å². The molecule has 4 heteroatoms. The summed E-state index contributed by atoms with van der Waals surface area (Å²) >= 11 is 0. The van der Waals surface area contributed by atoms with Gasteiger partial charge in [0, 0.05) is 0 Å². The molecule has 1 aliphatic carbocycles. The maximum atomic E-state index is 10.8. The fraction of sp³-hybridized carbons (Fsp3) is 0.364. The molecule has 2 rings (SSSR count). The first kappa shape index (κ1) is 9.98. The highest BCUT2D eigenvalue weighted by Gasteiger charge is 2.33. The highest BCUT2D eigenvalue weighted by atomic mass is 16.4. The number of hydrogen-bond acceptors (Lipinski definition) is 3. The number of carboxylic acids is 1. The number of aliphatic carboxylic acids is 1. The summed E-state index contributed by atoms with van der Waals surface area (Å²) in [5.74, 6) is -1.70. The quantitative estimate of drug-likeness (QED) is 0.645. The van der Waals surface area contributed by atoms with Crippen molar-refractivity contribution in [1.82, 2.24) is 0 Å². The number of aryl methyl sites for hydroxylation is 1. The molecular formula is C11H12O4. The first-order valence-electron chi connectivity index (χ1n) is 4.82. The molecule has 2 unspecified atom stereocenters. The van der Waals surface area contributed by atoms with Gasteiger partial charge in [-0.25, -0.2) is 0 Å². The van der Waals surface area contributed by atoms with Crippen molar-refractivity contribution >= 4 is 5.97 Å². The van der Waals surface area contributed by atoms with Crippen LogP contribution in [0.4, 0.5) is 0 Å². The number of aliphatic hydroxyl groups excluding tert-OH is 1. The molecule has 1 aromatic rings. The predicted octanol–water partition coefficient (Wildman–Crippen LogP) is 1.07. The number of carbonyl (C=O) groups is 1. The first-order valence-corrected chi connectivity index (χ1v) is 4.82. The zero-order valence-electron chi connectivity index (χ0n) is 8.05. The van der Waals surface area contributed by atoms with Crippen molar-refractivity contribution in [1.29, 1.82) is 0 Å². The third kappa shape index (κ3) is 1.68. The van der Waals surface area contributed by atoms with Crippen molar-refractivity contribution in [2.24, 2.45) is 5.92 Å². The van der Waals surface area contributed by atoms with Crippen LogP contribution in [0.3, 0.4) is 0 Å². The summed E-state index contributed by atoms with van der Waals surface area (Å²) in [7, 11) is 0. The maximum Gasteiger partial charge on any atom is 0.309 e. The molecule has 0 aliphatic heterocycles. The van der Waals surface area contributed by atoms with Gasteiger partial charge in [0.05, 0.1) is 12.0 Å². The fourth-order valence-corrected chi connectivity index (χ4v) is 2.03. The summed E-state index contributed by atoms with van der Waals surface area (Å²) in [6, 6.07) is 4.72. The van der Waals surface area contributed by atoms with Gasteiger partial charge in [0.2, 0.25) is 0 Å². The third-order valence-electron chi connectivity index (χ3n) is 2.87. The van der Waals surface area contributed by atoms with E-state index in [2.05, 4.69) is 0 Å². The van der Waals surface area contributed by atoms with Crippen LogP contribution >= 0.6 is 0 Å². The van der Waals surface area contributed by atoms with Crippen molar-refractivity contribution in [3.05, 3.63) is 29.3 Å². The molecule has 0 radical (unpaired) electrons. The van der Waals surface area contributed by atoms with Crippen LogP contribution in [0.15, 0.2) is 18.2 Å². The second-order valence-corrected chi connectivity index (χ2v) is 3.81. The standard InChI is InChI=1S/C11H12O4/c12-7-3-1-6-2-4-8(11(14)15)10(13)9(6)5-7/h1,3,5,8,10,12-13H,2,4H2,(H,14,15). The van der Waals surface area contributed by atoms with Gasteiger partial charge in [0.25, 0.3) is 0 Å². The molecule has 0 saturated heterocycles. The average molecular weight is 208 g/mol. The molecule has 0 heterocycles. The summed E-state index contributed by atoms with van der Waals surface area (Å²) in [5.41, 5.74) is 1.45. The van der Waals surface area contributed by atoms with E-state index in [9.17, 15) is 15.0 Å². The summed E-state index contributed by atoms with van der Waals surface area (Å²) in [5, 5.41) is 28.0. The SMILES string of the molecule is O=C(O)C1CCc2ccc(O)cc2C1O. The molecule has 1 aliphatic rings. The van der Waals surface area contributed by atoms with Crippen molar-refractivity contribution < 1.29 is 20.1 Å². The second-order valence-electron chi connectivity index (χ2n) is 3.81. The summed E-state index contributed by atoms with van der Waals surface area (Å²) < 4.78 is 0. The Balaban J connectivity index is 2.40. The number of phenolic OH excluding ortho intramolecular Hbond substituents is 1. The minimum absolute atomic E-state index is 0.0545. The Labute approximate surface area is 86.8 Å². The Hall–Kier alpha value is -1.55. The number of carboxylic acid groups (broad SMARTS) is 1. The lowest BCUT2D eigenvalue weighted by atomic mass is 9.81. The Morgan fingerprint density at radius 3 is 2.80 bits per heavy atom. The van der Waals surface area contributed by atoms with Crippen LogP contribution in [-0.2, 0) is 11.2 Å². The average Bonchev–Trinajstić information content (AvgIpc) is 2.19. The summed E-state index contributed by atoms with van der Waals surface area (Å²) in [6.07, 6.45) is 0.0520. The molecule has 0 spiro atoms. The first-order chi connectivity index (χ1) is 7.09. The van der Waals surface area contributed by atoms with E-state index in [1.165, 1.54) is 6.07 Å². The molecule has 1 aromatic carbocycles. The van der Waals surface area contributed by atoms with Crippen molar-refractivity contribution in [3.8, 4) is 5.75 Å². The van der Waals surface area contributed by atoms with Crippen molar-refractivity contribution in [2.75, 3.05) is 0 Å². The molecule has 3 N–H and O–H groups in total. The largest absolute Gasteiger partial charge is 0.508 e. The lowest BCUT2D eigenvalue weighted by molar-refractivity contribution is -0.146. The minimum Gasteiger partial charge on any atom is -0.508 e. The van der Waals surface area contributed by atoms with Crippen molar-refractivity contribution in [3.63, 3.8) is 0 Å². The van der Waals surface area contributed by atoms with E-state index in [0.29, 0.717) is 18.4 Å². The zero-order chi connectivity index (χ0) is 11.0. The lowest BCUT2D eigenvalue weighted by Crippen LogP contribution is -2.27. The smallest absolute Gasteiger partial charge is 0.309 e. The van der Waals surface area contributed by atoms with Gasteiger partial charge in [-0.3, -0.25) is 4.79 Å². The molecule has 15 heavy (non-hydrogen) atoms. The van der Waals surface area contributed by atoms with Crippen LogP contribution in [0, 0.1) is 5.92 Å². The number of aromatic hydroxyl groups is 1. The monoisotopic (exact) mass is 208 g/mol. The number of aliphatic hydroxyl groups is 1. The second kappa shape index (κ2) is 3.55. The molecule has 0 bridgehead atoms. The number of hydrogen-bond donors (Lipinski definition) is 3. The molecule has 0 saturated carbocycles. The Morgan fingerprint density at radius 1 is 1.40 bits per heavy atom. The predicted molar refractivity (Wildman–Crippen MR) is 52.5 cm³/mol. The van der Waals surface area contributed by atoms with Gasteiger partial charge in [0.1, 0.15) is 5.75 Å². The molecule has 0 amide bonds. The molecule has 0 fully saturated rings. The van der Waals surface area contributed by atoms with Gasteiger partial charge in [-0.2, -0.15) is 0 Å². The van der Waals surface area contributed by atoms with Gasteiger partial charge >= 0.3 is 5.97 Å². The van der Waals surface area contributed by atoms with Crippen LogP contribution in [0.1, 0.15) is 23.7 Å². The van der Waals surface area contributed by atoms with Crippen LogP contribution in [0.25, 0.3) is 0 Å². The molecule has 0 aromatic heterocycles. The highest BCUT2D eigenvalue weighted by Crippen LogP contribution is 2.36.